The minimum atomic E-state index is -0.213. The van der Waals surface area contributed by atoms with Gasteiger partial charge in [-0.05, 0) is 39.7 Å². The summed E-state index contributed by atoms with van der Waals surface area (Å²) in [7, 11) is 0. The molecule has 0 unspecified atom stereocenters. The van der Waals surface area contributed by atoms with Crippen LogP contribution in [0.2, 0.25) is 0 Å². The van der Waals surface area contributed by atoms with Gasteiger partial charge in [-0.15, -0.1) is 11.3 Å². The van der Waals surface area contributed by atoms with Crippen molar-refractivity contribution in [2.24, 2.45) is 5.92 Å². The molecule has 0 radical (unpaired) electrons. The Morgan fingerprint density at radius 1 is 1.33 bits per heavy atom. The van der Waals surface area contributed by atoms with Crippen molar-refractivity contribution in [2.75, 3.05) is 5.75 Å². The number of thioether (sulfide) groups is 1. The predicted octanol–water partition coefficient (Wildman–Crippen LogP) is 4.19. The van der Waals surface area contributed by atoms with E-state index in [-0.39, 0.29) is 17.5 Å². The standard InChI is InChI=1S/C17H20N4OS2/c1-10(2)21-16(22)14-11(3)12(4)24-15(14)20-17(21)23-9-13(8-19)6-5-7-18/h10,13H,5-6,9H2,1-4H3/t13-/m0/s1. The van der Waals surface area contributed by atoms with E-state index >= 15 is 0 Å². The molecule has 5 nitrogen and oxygen atoms in total. The fraction of sp³-hybridized carbons (Fsp3) is 0.529. The quantitative estimate of drug-likeness (QED) is 0.570. The fourth-order valence-corrected chi connectivity index (χ4v) is 4.70. The fourth-order valence-electron chi connectivity index (χ4n) is 2.44. The van der Waals surface area contributed by atoms with Gasteiger partial charge in [-0.1, -0.05) is 11.8 Å². The van der Waals surface area contributed by atoms with Gasteiger partial charge in [-0.25, -0.2) is 4.98 Å². The van der Waals surface area contributed by atoms with Gasteiger partial charge in [0.25, 0.3) is 5.56 Å². The molecule has 0 fully saturated rings. The molecular formula is C17H20N4OS2. The van der Waals surface area contributed by atoms with Crippen LogP contribution in [0.1, 0.15) is 43.2 Å². The Hall–Kier alpha value is -1.83. The van der Waals surface area contributed by atoms with Gasteiger partial charge in [0.05, 0.1) is 23.4 Å². The summed E-state index contributed by atoms with van der Waals surface area (Å²) in [5.74, 6) is 0.321. The number of nitrogens with zero attached hydrogens (tertiary/aromatic N) is 4. The minimum Gasteiger partial charge on any atom is -0.284 e. The molecule has 0 aromatic carbocycles. The zero-order valence-corrected chi connectivity index (χ0v) is 15.9. The van der Waals surface area contributed by atoms with Gasteiger partial charge in [0.1, 0.15) is 4.83 Å². The van der Waals surface area contributed by atoms with Crippen LogP contribution in [-0.2, 0) is 0 Å². The summed E-state index contributed by atoms with van der Waals surface area (Å²) < 4.78 is 1.71. The van der Waals surface area contributed by atoms with Crippen LogP contribution in [-0.4, -0.2) is 15.3 Å². The second kappa shape index (κ2) is 7.83. The molecule has 0 aliphatic rings. The Balaban J connectivity index is 2.43. The smallest absolute Gasteiger partial charge is 0.263 e. The average molecular weight is 361 g/mol. The van der Waals surface area contributed by atoms with E-state index in [1.165, 1.54) is 23.1 Å². The van der Waals surface area contributed by atoms with E-state index in [0.717, 1.165) is 15.3 Å². The summed E-state index contributed by atoms with van der Waals surface area (Å²) >= 11 is 2.96. The highest BCUT2D eigenvalue weighted by Gasteiger charge is 2.19. The van der Waals surface area contributed by atoms with E-state index in [2.05, 4.69) is 12.1 Å². The van der Waals surface area contributed by atoms with Crippen LogP contribution in [0.4, 0.5) is 0 Å². The third-order valence-electron chi connectivity index (χ3n) is 3.92. The van der Waals surface area contributed by atoms with E-state index < -0.39 is 0 Å². The maximum atomic E-state index is 12.9. The number of hydrogen-bond donors (Lipinski definition) is 0. The van der Waals surface area contributed by atoms with Gasteiger partial charge < -0.3 is 0 Å². The molecule has 126 valence electrons. The van der Waals surface area contributed by atoms with Crippen LogP contribution in [0.25, 0.3) is 10.2 Å². The first-order valence-electron chi connectivity index (χ1n) is 7.82. The summed E-state index contributed by atoms with van der Waals surface area (Å²) in [4.78, 5) is 19.5. The predicted molar refractivity (Wildman–Crippen MR) is 98.4 cm³/mol. The lowest BCUT2D eigenvalue weighted by Crippen LogP contribution is -2.25. The Morgan fingerprint density at radius 2 is 2.04 bits per heavy atom. The molecule has 2 heterocycles. The monoisotopic (exact) mass is 360 g/mol. The molecule has 0 amide bonds. The van der Waals surface area contributed by atoms with Crippen molar-refractivity contribution in [3.8, 4) is 12.1 Å². The Kier molecular flexibility index (Phi) is 6.04. The van der Waals surface area contributed by atoms with Crippen LogP contribution in [0.15, 0.2) is 9.95 Å². The van der Waals surface area contributed by atoms with Crippen molar-refractivity contribution in [3.05, 3.63) is 20.8 Å². The number of nitriles is 2. The van der Waals surface area contributed by atoms with E-state index in [1.54, 1.807) is 4.57 Å². The van der Waals surface area contributed by atoms with Gasteiger partial charge in [0, 0.05) is 23.1 Å². The molecular weight excluding hydrogens is 340 g/mol. The summed E-state index contributed by atoms with van der Waals surface area (Å²) in [6, 6.07) is 4.31. The molecule has 1 atom stereocenters. The van der Waals surface area contributed by atoms with Crippen molar-refractivity contribution in [2.45, 2.75) is 51.7 Å². The second-order valence-electron chi connectivity index (χ2n) is 5.96. The van der Waals surface area contributed by atoms with Crippen molar-refractivity contribution < 1.29 is 0 Å². The lowest BCUT2D eigenvalue weighted by Gasteiger charge is -2.16. The van der Waals surface area contributed by atoms with E-state index in [9.17, 15) is 10.1 Å². The molecule has 2 rings (SSSR count). The molecule has 0 spiro atoms. The summed E-state index contributed by atoms with van der Waals surface area (Å²) in [5.41, 5.74) is 0.993. The van der Waals surface area contributed by atoms with Crippen LogP contribution < -0.4 is 5.56 Å². The molecule has 24 heavy (non-hydrogen) atoms. The van der Waals surface area contributed by atoms with Gasteiger partial charge in [0.15, 0.2) is 5.16 Å². The number of fused-ring (bicyclic) bond motifs is 1. The highest BCUT2D eigenvalue weighted by atomic mass is 32.2. The van der Waals surface area contributed by atoms with Crippen molar-refractivity contribution in [1.29, 1.82) is 10.5 Å². The average Bonchev–Trinajstić information content (AvgIpc) is 2.82. The molecule has 0 bridgehead atoms. The zero-order chi connectivity index (χ0) is 17.9. The van der Waals surface area contributed by atoms with Crippen LogP contribution in [0.5, 0.6) is 0 Å². The number of aryl methyl sites for hydroxylation is 2. The van der Waals surface area contributed by atoms with Crippen LogP contribution >= 0.6 is 23.1 Å². The largest absolute Gasteiger partial charge is 0.284 e. The zero-order valence-electron chi connectivity index (χ0n) is 14.3. The summed E-state index contributed by atoms with van der Waals surface area (Å²) in [6.07, 6.45) is 0.914. The normalized spacial score (nSPS) is 12.3. The summed E-state index contributed by atoms with van der Waals surface area (Å²) in [6.45, 7) is 7.89. The number of thiophene rings is 1. The molecule has 7 heteroatoms. The first-order valence-corrected chi connectivity index (χ1v) is 9.62. The third kappa shape index (κ3) is 3.63. The van der Waals surface area contributed by atoms with Crippen molar-refractivity contribution in [1.82, 2.24) is 9.55 Å². The van der Waals surface area contributed by atoms with Crippen LogP contribution in [0.3, 0.4) is 0 Å². The lowest BCUT2D eigenvalue weighted by molar-refractivity contribution is 0.518. The van der Waals surface area contributed by atoms with E-state index in [4.69, 9.17) is 10.2 Å². The number of rotatable bonds is 6. The highest BCUT2D eigenvalue weighted by molar-refractivity contribution is 7.99. The molecule has 0 N–H and O–H groups in total. The Labute approximate surface area is 149 Å². The van der Waals surface area contributed by atoms with Gasteiger partial charge in [-0.2, -0.15) is 10.5 Å². The number of hydrogen-bond acceptors (Lipinski definition) is 6. The van der Waals surface area contributed by atoms with E-state index in [0.29, 0.717) is 29.1 Å². The minimum absolute atomic E-state index is 0.00356. The molecule has 0 aliphatic carbocycles. The maximum Gasteiger partial charge on any atom is 0.263 e. The van der Waals surface area contributed by atoms with Crippen LogP contribution in [0, 0.1) is 42.4 Å². The van der Waals surface area contributed by atoms with E-state index in [1.807, 2.05) is 27.7 Å². The van der Waals surface area contributed by atoms with Crippen molar-refractivity contribution >= 4 is 33.3 Å². The van der Waals surface area contributed by atoms with Gasteiger partial charge >= 0.3 is 0 Å². The molecule has 2 aromatic heterocycles. The lowest BCUT2D eigenvalue weighted by atomic mass is 10.1. The SMILES string of the molecule is Cc1sc2nc(SC[C@H](C#N)CCC#N)n(C(C)C)c(=O)c2c1C. The maximum absolute atomic E-state index is 12.9. The molecule has 0 saturated heterocycles. The highest BCUT2D eigenvalue weighted by Crippen LogP contribution is 2.30. The number of aromatic nitrogens is 2. The summed E-state index contributed by atoms with van der Waals surface area (Å²) in [5, 5.41) is 19.2. The second-order valence-corrected chi connectivity index (χ2v) is 8.15. The Bertz CT molecular complexity index is 883. The van der Waals surface area contributed by atoms with Gasteiger partial charge in [0.2, 0.25) is 0 Å². The first-order chi connectivity index (χ1) is 11.4. The Morgan fingerprint density at radius 3 is 2.62 bits per heavy atom. The topological polar surface area (TPSA) is 82.5 Å². The molecule has 2 aromatic rings. The molecule has 0 saturated carbocycles. The van der Waals surface area contributed by atoms with Gasteiger partial charge in [-0.3, -0.25) is 9.36 Å². The first kappa shape index (κ1) is 18.5. The van der Waals surface area contributed by atoms with Crippen molar-refractivity contribution in [3.63, 3.8) is 0 Å². The third-order valence-corrected chi connectivity index (χ3v) is 6.14. The molecule has 0 aliphatic heterocycles.